The monoisotopic (exact) mass is 278 g/mol. The molecule has 0 radical (unpaired) electrons. The number of carbonyl (C=O) groups is 3. The second-order valence-corrected chi connectivity index (χ2v) is 4.40. The number of carbonyl (C=O) groups excluding carboxylic acids is 2. The van der Waals surface area contributed by atoms with Crippen LogP contribution in [0.25, 0.3) is 0 Å². The van der Waals surface area contributed by atoms with Crippen LogP contribution in [-0.2, 0) is 14.4 Å². The molecule has 1 unspecified atom stereocenters. The first-order chi connectivity index (χ1) is 9.54. The van der Waals surface area contributed by atoms with E-state index >= 15 is 0 Å². The van der Waals surface area contributed by atoms with Gasteiger partial charge in [0.2, 0.25) is 11.8 Å². The lowest BCUT2D eigenvalue weighted by Gasteiger charge is -2.10. The molecule has 1 atom stereocenters. The van der Waals surface area contributed by atoms with Gasteiger partial charge in [0, 0.05) is 18.7 Å². The van der Waals surface area contributed by atoms with E-state index in [0.29, 0.717) is 18.0 Å². The lowest BCUT2D eigenvalue weighted by molar-refractivity contribution is -0.139. The van der Waals surface area contributed by atoms with E-state index in [4.69, 9.17) is 9.84 Å². The predicted octanol–water partition coefficient (Wildman–Crippen LogP) is 0.225. The summed E-state index contributed by atoms with van der Waals surface area (Å²) in [6, 6.07) is 6.35. The third-order valence-corrected chi connectivity index (χ3v) is 2.83. The van der Waals surface area contributed by atoms with E-state index in [2.05, 4.69) is 10.6 Å². The highest BCUT2D eigenvalue weighted by molar-refractivity contribution is 5.97. The number of hydrogen-bond acceptors (Lipinski definition) is 4. The van der Waals surface area contributed by atoms with Crippen molar-refractivity contribution in [3.05, 3.63) is 24.3 Å². The van der Waals surface area contributed by atoms with E-state index in [1.54, 1.807) is 24.3 Å². The standard InChI is InChI=1S/C13H14N2O5/c16-11-5-8(6-14-11)13(19)15-9-1-3-10(4-2-9)20-7-12(17)18/h1-4,8H,5-7H2,(H,14,16)(H,15,19)(H,17,18). The molecular weight excluding hydrogens is 264 g/mol. The van der Waals surface area contributed by atoms with E-state index in [0.717, 1.165) is 0 Å². The summed E-state index contributed by atoms with van der Waals surface area (Å²) >= 11 is 0. The molecule has 1 aliphatic heterocycles. The minimum atomic E-state index is -1.05. The molecule has 1 fully saturated rings. The van der Waals surface area contributed by atoms with Crippen molar-refractivity contribution in [1.82, 2.24) is 5.32 Å². The Hall–Kier alpha value is -2.57. The fourth-order valence-corrected chi connectivity index (χ4v) is 1.81. The van der Waals surface area contributed by atoms with Crippen LogP contribution in [0.2, 0.25) is 0 Å². The summed E-state index contributed by atoms with van der Waals surface area (Å²) in [5.41, 5.74) is 0.567. The maximum absolute atomic E-state index is 11.8. The topological polar surface area (TPSA) is 105 Å². The van der Waals surface area contributed by atoms with Crippen molar-refractivity contribution in [2.45, 2.75) is 6.42 Å². The second kappa shape index (κ2) is 6.05. The van der Waals surface area contributed by atoms with E-state index < -0.39 is 12.6 Å². The Labute approximate surface area is 114 Å². The predicted molar refractivity (Wildman–Crippen MR) is 69.3 cm³/mol. The maximum Gasteiger partial charge on any atom is 0.341 e. The molecule has 106 valence electrons. The first kappa shape index (κ1) is 13.9. The molecule has 1 saturated heterocycles. The average molecular weight is 278 g/mol. The van der Waals surface area contributed by atoms with Gasteiger partial charge in [0.25, 0.3) is 0 Å². The molecular formula is C13H14N2O5. The zero-order valence-corrected chi connectivity index (χ0v) is 10.6. The third kappa shape index (κ3) is 3.71. The van der Waals surface area contributed by atoms with Crippen molar-refractivity contribution < 1.29 is 24.2 Å². The highest BCUT2D eigenvalue weighted by Gasteiger charge is 2.27. The Balaban J connectivity index is 1.88. The highest BCUT2D eigenvalue weighted by Crippen LogP contribution is 2.17. The lowest BCUT2D eigenvalue weighted by Crippen LogP contribution is -2.24. The van der Waals surface area contributed by atoms with Crippen LogP contribution in [0.15, 0.2) is 24.3 Å². The van der Waals surface area contributed by atoms with Crippen LogP contribution in [0.5, 0.6) is 5.75 Å². The van der Waals surface area contributed by atoms with Gasteiger partial charge in [-0.1, -0.05) is 0 Å². The van der Waals surface area contributed by atoms with Crippen molar-refractivity contribution >= 4 is 23.5 Å². The summed E-state index contributed by atoms with van der Waals surface area (Å²) in [6.45, 7) is -0.0635. The summed E-state index contributed by atoms with van der Waals surface area (Å²) in [6.07, 6.45) is 0.200. The smallest absolute Gasteiger partial charge is 0.341 e. The molecule has 1 aromatic carbocycles. The molecule has 7 nitrogen and oxygen atoms in total. The number of amides is 2. The van der Waals surface area contributed by atoms with Crippen molar-refractivity contribution in [2.75, 3.05) is 18.5 Å². The van der Waals surface area contributed by atoms with Crippen molar-refractivity contribution in [2.24, 2.45) is 5.92 Å². The average Bonchev–Trinajstić information content (AvgIpc) is 2.85. The normalized spacial score (nSPS) is 17.4. The van der Waals surface area contributed by atoms with Crippen LogP contribution < -0.4 is 15.4 Å². The molecule has 1 heterocycles. The van der Waals surface area contributed by atoms with Gasteiger partial charge < -0.3 is 20.5 Å². The van der Waals surface area contributed by atoms with Crippen molar-refractivity contribution in [3.8, 4) is 5.75 Å². The zero-order chi connectivity index (χ0) is 14.5. The largest absolute Gasteiger partial charge is 0.482 e. The van der Waals surface area contributed by atoms with Crippen LogP contribution in [0.1, 0.15) is 6.42 Å². The first-order valence-corrected chi connectivity index (χ1v) is 6.07. The zero-order valence-electron chi connectivity index (χ0n) is 10.6. The Bertz CT molecular complexity index is 526. The van der Waals surface area contributed by atoms with E-state index in [1.165, 1.54) is 0 Å². The number of anilines is 1. The minimum Gasteiger partial charge on any atom is -0.482 e. The molecule has 0 spiro atoms. The SMILES string of the molecule is O=C(O)COc1ccc(NC(=O)C2CNC(=O)C2)cc1. The molecule has 2 rings (SSSR count). The van der Waals surface area contributed by atoms with Crippen LogP contribution >= 0.6 is 0 Å². The van der Waals surface area contributed by atoms with Crippen LogP contribution in [0, 0.1) is 5.92 Å². The number of rotatable bonds is 5. The number of aliphatic carboxylic acids is 1. The fourth-order valence-electron chi connectivity index (χ4n) is 1.81. The Kier molecular flexibility index (Phi) is 4.19. The molecule has 0 aliphatic carbocycles. The third-order valence-electron chi connectivity index (χ3n) is 2.83. The highest BCUT2D eigenvalue weighted by atomic mass is 16.5. The molecule has 7 heteroatoms. The lowest BCUT2D eigenvalue weighted by atomic mass is 10.1. The second-order valence-electron chi connectivity index (χ2n) is 4.40. The van der Waals surface area contributed by atoms with Crippen LogP contribution in [0.4, 0.5) is 5.69 Å². The number of ether oxygens (including phenoxy) is 1. The van der Waals surface area contributed by atoms with E-state index in [9.17, 15) is 14.4 Å². The van der Waals surface area contributed by atoms with Gasteiger partial charge in [-0.2, -0.15) is 0 Å². The summed E-state index contributed by atoms with van der Waals surface area (Å²) < 4.78 is 4.97. The summed E-state index contributed by atoms with van der Waals surface area (Å²) in [7, 11) is 0. The van der Waals surface area contributed by atoms with Gasteiger partial charge in [0.05, 0.1) is 5.92 Å². The molecule has 0 saturated carbocycles. The number of hydrogen-bond donors (Lipinski definition) is 3. The molecule has 3 N–H and O–H groups in total. The molecule has 0 aromatic heterocycles. The number of carboxylic acid groups (broad SMARTS) is 1. The summed E-state index contributed by atoms with van der Waals surface area (Å²) in [4.78, 5) is 33.2. The molecule has 20 heavy (non-hydrogen) atoms. The Morgan fingerprint density at radius 3 is 2.60 bits per heavy atom. The van der Waals surface area contributed by atoms with Crippen molar-refractivity contribution in [1.29, 1.82) is 0 Å². The van der Waals surface area contributed by atoms with Gasteiger partial charge in [0.15, 0.2) is 6.61 Å². The van der Waals surface area contributed by atoms with Crippen LogP contribution in [0.3, 0.4) is 0 Å². The van der Waals surface area contributed by atoms with E-state index in [1.807, 2.05) is 0 Å². The Morgan fingerprint density at radius 2 is 2.05 bits per heavy atom. The van der Waals surface area contributed by atoms with Gasteiger partial charge in [-0.15, -0.1) is 0 Å². The van der Waals surface area contributed by atoms with Gasteiger partial charge in [-0.05, 0) is 24.3 Å². The Morgan fingerprint density at radius 1 is 1.35 bits per heavy atom. The van der Waals surface area contributed by atoms with Gasteiger partial charge >= 0.3 is 5.97 Å². The first-order valence-electron chi connectivity index (χ1n) is 6.07. The van der Waals surface area contributed by atoms with Gasteiger partial charge in [0.1, 0.15) is 5.75 Å². The number of benzene rings is 1. The number of carboxylic acids is 1. The molecule has 1 aliphatic rings. The molecule has 0 bridgehead atoms. The summed E-state index contributed by atoms with van der Waals surface area (Å²) in [5, 5.41) is 13.8. The quantitative estimate of drug-likeness (QED) is 0.715. The van der Waals surface area contributed by atoms with Crippen LogP contribution in [-0.4, -0.2) is 36.0 Å². The molecule has 2 amide bonds. The van der Waals surface area contributed by atoms with E-state index in [-0.39, 0.29) is 24.2 Å². The van der Waals surface area contributed by atoms with Gasteiger partial charge in [-0.3, -0.25) is 9.59 Å². The summed E-state index contributed by atoms with van der Waals surface area (Å²) in [5.74, 6) is -1.35. The van der Waals surface area contributed by atoms with Crippen molar-refractivity contribution in [3.63, 3.8) is 0 Å². The fraction of sp³-hybridized carbons (Fsp3) is 0.308. The minimum absolute atomic E-state index is 0.123. The van der Waals surface area contributed by atoms with Gasteiger partial charge in [-0.25, -0.2) is 4.79 Å². The molecule has 1 aromatic rings. The number of nitrogens with one attached hydrogen (secondary N) is 2. The maximum atomic E-state index is 11.8.